The first-order chi connectivity index (χ1) is 11.3. The highest BCUT2D eigenvalue weighted by molar-refractivity contribution is 7.80. The number of amides is 1. The second-order valence-electron chi connectivity index (χ2n) is 5.09. The van der Waals surface area contributed by atoms with Gasteiger partial charge < -0.3 is 20.4 Å². The number of aryl methyl sites for hydroxylation is 1. The van der Waals surface area contributed by atoms with Crippen LogP contribution in [0.2, 0.25) is 0 Å². The Morgan fingerprint density at radius 3 is 2.67 bits per heavy atom. The van der Waals surface area contributed by atoms with Crippen molar-refractivity contribution in [1.82, 2.24) is 10.6 Å². The van der Waals surface area contributed by atoms with E-state index in [2.05, 4.69) is 23.3 Å². The van der Waals surface area contributed by atoms with Crippen LogP contribution in [0.1, 0.15) is 11.1 Å². The molecule has 1 aromatic rings. The van der Waals surface area contributed by atoms with Gasteiger partial charge in [0.2, 0.25) is 0 Å². The number of carbonyl (C=O) groups excluding carboxylic acids is 1. The van der Waals surface area contributed by atoms with E-state index in [0.29, 0.717) is 5.70 Å². The van der Waals surface area contributed by atoms with Gasteiger partial charge in [-0.25, -0.2) is 0 Å². The third-order valence-electron chi connectivity index (χ3n) is 3.33. The lowest BCUT2D eigenvalue weighted by atomic mass is 10.0. The molecule has 0 radical (unpaired) electrons. The molecule has 0 fully saturated rings. The van der Waals surface area contributed by atoms with Gasteiger partial charge in [-0.1, -0.05) is 30.3 Å². The van der Waals surface area contributed by atoms with Crippen LogP contribution in [0, 0.1) is 11.3 Å². The highest BCUT2D eigenvalue weighted by Crippen LogP contribution is 2.35. The summed E-state index contributed by atoms with van der Waals surface area (Å²) in [7, 11) is -4.08. The number of hydrogen-bond acceptors (Lipinski definition) is 5. The Bertz CT molecular complexity index is 794. The first-order valence-corrected chi connectivity index (χ1v) is 9.32. The number of nitrogens with one attached hydrogen (secondary N) is 2. The molecule has 1 aliphatic rings. The predicted molar refractivity (Wildman–Crippen MR) is 92.8 cm³/mol. The fourth-order valence-corrected chi connectivity index (χ4v) is 2.97. The van der Waals surface area contributed by atoms with E-state index in [1.165, 1.54) is 0 Å². The van der Waals surface area contributed by atoms with Gasteiger partial charge in [0.05, 0.1) is 11.9 Å². The first-order valence-electron chi connectivity index (χ1n) is 7.00. The van der Waals surface area contributed by atoms with Gasteiger partial charge in [0.1, 0.15) is 17.1 Å². The third kappa shape index (κ3) is 4.98. The molecule has 0 aliphatic carbocycles. The molecule has 4 N–H and O–H groups in total. The van der Waals surface area contributed by atoms with E-state index >= 15 is 0 Å². The zero-order valence-electron chi connectivity index (χ0n) is 12.5. The summed E-state index contributed by atoms with van der Waals surface area (Å²) in [6.45, 7) is 0. The average Bonchev–Trinajstić information content (AvgIpc) is 2.50. The van der Waals surface area contributed by atoms with Crippen LogP contribution in [0.25, 0.3) is 6.08 Å². The van der Waals surface area contributed by atoms with Crippen molar-refractivity contribution in [2.45, 2.75) is 11.9 Å². The lowest BCUT2D eigenvalue weighted by Gasteiger charge is -2.22. The number of allylic oxidation sites excluding steroid dienone is 1. The second kappa shape index (κ2) is 7.69. The second-order valence-corrected chi connectivity index (χ2v) is 7.38. The minimum Gasteiger partial charge on any atom is -0.356 e. The highest BCUT2D eigenvalue weighted by Gasteiger charge is 2.22. The molecular weight excluding hydrogens is 349 g/mol. The molecule has 1 amide bonds. The zero-order valence-corrected chi connectivity index (χ0v) is 14.3. The molecule has 7 nitrogen and oxygen atoms in total. The molecule has 126 valence electrons. The van der Waals surface area contributed by atoms with Crippen molar-refractivity contribution in [2.24, 2.45) is 0 Å². The Labute approximate surface area is 144 Å². The molecule has 24 heavy (non-hydrogen) atoms. The van der Waals surface area contributed by atoms with Gasteiger partial charge in [-0.05, 0) is 23.6 Å². The van der Waals surface area contributed by atoms with Gasteiger partial charge in [-0.2, -0.15) is 5.26 Å². The van der Waals surface area contributed by atoms with E-state index in [4.69, 9.17) is 15.0 Å². The Hall–Kier alpha value is -2.04. The lowest BCUT2D eigenvalue weighted by molar-refractivity contribution is -0.117. The van der Waals surface area contributed by atoms with Crippen LogP contribution in [0.4, 0.5) is 0 Å². The molecule has 1 aromatic carbocycles. The van der Waals surface area contributed by atoms with Crippen molar-refractivity contribution >= 4 is 32.2 Å². The summed E-state index contributed by atoms with van der Waals surface area (Å²) in [4.78, 5) is 29.8. The van der Waals surface area contributed by atoms with Crippen LogP contribution in [0.15, 0.2) is 41.6 Å². The summed E-state index contributed by atoms with van der Waals surface area (Å²) in [5.41, 5.74) is 1.20. The molecule has 2 rings (SSSR count). The Morgan fingerprint density at radius 1 is 1.29 bits per heavy atom. The monoisotopic (exact) mass is 365 g/mol. The number of hydrogen-bond donors (Lipinski definition) is 5. The molecule has 0 spiro atoms. The molecule has 0 saturated carbocycles. The van der Waals surface area contributed by atoms with Crippen molar-refractivity contribution in [1.29, 1.82) is 5.26 Å². The Kier molecular flexibility index (Phi) is 5.86. The standard InChI is InChI=1S/C15H16N3O4PS/c16-9-12-13(17-15(24)18-14(12)19)6-5-10-3-1-2-4-11(10)7-8-23(20,21)22/h1-6,15,17,24H,7-8H2,(H,18,19)(H2,20,21,22)/b6-5+. The maximum absolute atomic E-state index is 11.7. The van der Waals surface area contributed by atoms with Gasteiger partial charge in [-0.15, -0.1) is 12.6 Å². The summed E-state index contributed by atoms with van der Waals surface area (Å²) < 4.78 is 11.0. The number of nitrogens with zero attached hydrogens (tertiary/aromatic N) is 1. The largest absolute Gasteiger partial charge is 0.356 e. The van der Waals surface area contributed by atoms with Gasteiger partial charge in [0, 0.05) is 0 Å². The topological polar surface area (TPSA) is 122 Å². The van der Waals surface area contributed by atoms with E-state index < -0.39 is 19.0 Å². The molecule has 1 heterocycles. The fraction of sp³-hybridized carbons (Fsp3) is 0.200. The number of nitriles is 1. The highest BCUT2D eigenvalue weighted by atomic mass is 32.1. The maximum atomic E-state index is 11.7. The molecule has 1 aliphatic heterocycles. The molecule has 0 bridgehead atoms. The van der Waals surface area contributed by atoms with Crippen LogP contribution >= 0.6 is 20.2 Å². The fourth-order valence-electron chi connectivity index (χ4n) is 2.18. The van der Waals surface area contributed by atoms with Crippen LogP contribution < -0.4 is 10.6 Å². The third-order valence-corrected chi connectivity index (χ3v) is 4.39. The van der Waals surface area contributed by atoms with Crippen molar-refractivity contribution in [3.63, 3.8) is 0 Å². The summed E-state index contributed by atoms with van der Waals surface area (Å²) in [5.74, 6) is -0.509. The van der Waals surface area contributed by atoms with Gasteiger partial charge in [-0.3, -0.25) is 9.36 Å². The Morgan fingerprint density at radius 2 is 2.00 bits per heavy atom. The number of carbonyl (C=O) groups is 1. The van der Waals surface area contributed by atoms with Crippen molar-refractivity contribution in [2.75, 3.05) is 6.16 Å². The summed E-state index contributed by atoms with van der Waals surface area (Å²) in [6.07, 6.45) is 3.24. The number of benzene rings is 1. The lowest BCUT2D eigenvalue weighted by Crippen LogP contribution is -2.46. The molecular formula is C15H16N3O4PS. The number of thiol groups is 1. The predicted octanol–water partition coefficient (Wildman–Crippen LogP) is 1.13. The van der Waals surface area contributed by atoms with Crippen LogP contribution in [-0.4, -0.2) is 27.4 Å². The van der Waals surface area contributed by atoms with Crippen molar-refractivity contribution in [3.8, 4) is 6.07 Å². The Balaban J connectivity index is 2.27. The van der Waals surface area contributed by atoms with Crippen LogP contribution in [-0.2, 0) is 15.8 Å². The SMILES string of the molecule is N#CC1=C(/C=C/c2ccccc2CCP(=O)(O)O)NC(S)NC1=O. The molecule has 9 heteroatoms. The van der Waals surface area contributed by atoms with Gasteiger partial charge in [0.25, 0.3) is 5.91 Å². The van der Waals surface area contributed by atoms with E-state index in [1.807, 2.05) is 6.07 Å². The molecule has 1 unspecified atom stereocenters. The van der Waals surface area contributed by atoms with Crippen LogP contribution in [0.3, 0.4) is 0 Å². The van der Waals surface area contributed by atoms with E-state index in [1.54, 1.807) is 36.4 Å². The van der Waals surface area contributed by atoms with Crippen molar-refractivity contribution < 1.29 is 19.1 Å². The average molecular weight is 365 g/mol. The van der Waals surface area contributed by atoms with E-state index in [9.17, 15) is 9.36 Å². The zero-order chi connectivity index (χ0) is 17.7. The smallest absolute Gasteiger partial charge is 0.325 e. The quantitative estimate of drug-likeness (QED) is 0.394. The minimum atomic E-state index is -4.08. The normalized spacial score (nSPS) is 18.2. The molecule has 0 saturated heterocycles. The summed E-state index contributed by atoms with van der Waals surface area (Å²) in [5, 5.41) is 14.4. The minimum absolute atomic E-state index is 0.0516. The van der Waals surface area contributed by atoms with Crippen LogP contribution in [0.5, 0.6) is 0 Å². The van der Waals surface area contributed by atoms with E-state index in [0.717, 1.165) is 11.1 Å². The van der Waals surface area contributed by atoms with E-state index in [-0.39, 0.29) is 18.2 Å². The van der Waals surface area contributed by atoms with Gasteiger partial charge >= 0.3 is 7.60 Å². The molecule has 0 aromatic heterocycles. The number of rotatable bonds is 5. The maximum Gasteiger partial charge on any atom is 0.325 e. The van der Waals surface area contributed by atoms with Gasteiger partial charge in [0.15, 0.2) is 0 Å². The summed E-state index contributed by atoms with van der Waals surface area (Å²) >= 11 is 4.12. The molecule has 1 atom stereocenters. The first kappa shape index (κ1) is 18.3. The van der Waals surface area contributed by atoms with Crippen molar-refractivity contribution in [3.05, 3.63) is 52.7 Å². The summed E-state index contributed by atoms with van der Waals surface area (Å²) in [6, 6.07) is 8.98.